The summed E-state index contributed by atoms with van der Waals surface area (Å²) in [6, 6.07) is 32.3. The van der Waals surface area contributed by atoms with E-state index in [0.717, 1.165) is 73.3 Å². The summed E-state index contributed by atoms with van der Waals surface area (Å²) in [6.07, 6.45) is 3.29. The summed E-state index contributed by atoms with van der Waals surface area (Å²) in [4.78, 5) is 54.1. The SMILES string of the molecule is CCOc1ccc(C(N)=O)c(-c2cc(C(C[N-]C3CCC(C(=O)NCc4ccc(CN5CCN(C(=O)COc6ccc(C)c(NCCC(N)=O)c6)CC5)cc4)CC3)c3ccccc3)ccc2Cl)c1F. The van der Waals surface area contributed by atoms with Crippen LogP contribution in [0.1, 0.15) is 83.1 Å². The van der Waals surface area contributed by atoms with Crippen LogP contribution in [0.3, 0.4) is 0 Å². The number of aryl methyl sites for hydroxylation is 1. The second-order valence-electron chi connectivity index (χ2n) is 17.8. The molecule has 5 aromatic rings. The minimum Gasteiger partial charge on any atom is -0.659 e. The van der Waals surface area contributed by atoms with Gasteiger partial charge in [-0.25, -0.2) is 4.39 Å². The Hall–Kier alpha value is -6.48. The van der Waals surface area contributed by atoms with Gasteiger partial charge in [0.2, 0.25) is 17.7 Å². The number of halogens is 2. The number of piperazine rings is 1. The van der Waals surface area contributed by atoms with Crippen molar-refractivity contribution in [2.45, 2.75) is 71.0 Å². The zero-order valence-corrected chi connectivity index (χ0v) is 40.1. The molecule has 7 rings (SSSR count). The van der Waals surface area contributed by atoms with Gasteiger partial charge in [0, 0.05) is 86.1 Å². The number of carbonyl (C=O) groups is 4. The van der Waals surface area contributed by atoms with E-state index in [1.54, 1.807) is 13.0 Å². The highest BCUT2D eigenvalue weighted by atomic mass is 35.5. The first kappa shape index (κ1) is 50.4. The molecule has 1 aliphatic carbocycles. The van der Waals surface area contributed by atoms with Gasteiger partial charge >= 0.3 is 0 Å². The van der Waals surface area contributed by atoms with Gasteiger partial charge in [-0.2, -0.15) is 0 Å². The van der Waals surface area contributed by atoms with Gasteiger partial charge in [0.05, 0.1) is 12.2 Å². The summed E-state index contributed by atoms with van der Waals surface area (Å²) in [7, 11) is 0. The van der Waals surface area contributed by atoms with Crippen molar-refractivity contribution in [2.75, 3.05) is 57.8 Å². The van der Waals surface area contributed by atoms with Gasteiger partial charge in [-0.05, 0) is 90.8 Å². The van der Waals surface area contributed by atoms with E-state index in [2.05, 4.69) is 39.8 Å². The Morgan fingerprint density at radius 1 is 0.841 bits per heavy atom. The number of benzene rings is 5. The molecule has 5 aromatic carbocycles. The van der Waals surface area contributed by atoms with E-state index >= 15 is 4.39 Å². The number of carbonyl (C=O) groups excluding carboxylic acids is 4. The fourth-order valence-electron chi connectivity index (χ4n) is 9.06. The number of anilines is 1. The first-order chi connectivity index (χ1) is 33.4. The molecule has 2 fully saturated rings. The fraction of sp³-hybridized carbons (Fsp3) is 0.370. The molecule has 4 amide bonds. The molecular formula is C54H62ClFN7O6-. The van der Waals surface area contributed by atoms with Crippen molar-refractivity contribution in [3.63, 3.8) is 0 Å². The molecule has 364 valence electrons. The molecule has 0 bridgehead atoms. The molecule has 0 radical (unpaired) electrons. The molecular weight excluding hydrogens is 897 g/mol. The molecule has 1 saturated carbocycles. The number of ether oxygens (including phenoxy) is 2. The zero-order chi connectivity index (χ0) is 48.9. The van der Waals surface area contributed by atoms with E-state index in [1.807, 2.05) is 72.5 Å². The number of primary amides is 2. The highest BCUT2D eigenvalue weighted by molar-refractivity contribution is 6.33. The minimum absolute atomic E-state index is 0.00289. The highest BCUT2D eigenvalue weighted by Crippen LogP contribution is 2.40. The molecule has 1 heterocycles. The average Bonchev–Trinajstić information content (AvgIpc) is 3.35. The Labute approximate surface area is 409 Å². The molecule has 1 unspecified atom stereocenters. The molecule has 13 nitrogen and oxygen atoms in total. The topological polar surface area (TPSA) is 183 Å². The summed E-state index contributed by atoms with van der Waals surface area (Å²) >= 11 is 6.70. The lowest BCUT2D eigenvalue weighted by molar-refractivity contribution is -0.135. The number of hydrogen-bond donors (Lipinski definition) is 4. The Bertz CT molecular complexity index is 2570. The summed E-state index contributed by atoms with van der Waals surface area (Å²) in [5.74, 6) is -1.52. The first-order valence-corrected chi connectivity index (χ1v) is 24.1. The molecule has 0 spiro atoms. The van der Waals surface area contributed by atoms with E-state index in [0.29, 0.717) is 44.0 Å². The van der Waals surface area contributed by atoms with Crippen molar-refractivity contribution >= 4 is 40.9 Å². The largest absolute Gasteiger partial charge is 0.659 e. The number of rotatable bonds is 21. The maximum Gasteiger partial charge on any atom is 0.260 e. The molecule has 15 heteroatoms. The van der Waals surface area contributed by atoms with Crippen LogP contribution in [0, 0.1) is 18.7 Å². The van der Waals surface area contributed by atoms with Gasteiger partial charge in [0.15, 0.2) is 18.2 Å². The summed E-state index contributed by atoms with van der Waals surface area (Å²) in [5.41, 5.74) is 17.2. The Balaban J connectivity index is 0.849. The zero-order valence-electron chi connectivity index (χ0n) is 39.4. The standard InChI is InChI=1S/C54H62ClFN7O6/c1-3-68-48-22-20-43(53(58)66)51(52(48)56)44-29-40(16-21-46(44)55)45(38-7-5-4-6-8-38)32-60-41-17-14-39(15-18-41)54(67)61-31-36-10-12-37(13-11-36)33-62-25-27-63(28-26-62)50(65)34-69-42-19-9-35(2)47(30-42)59-24-23-49(57)64/h4-13,16,19-22,29-30,39,41,45,59H,3,14-15,17-18,23-28,31-34H2,1-2H3,(H2,57,64)(H2,58,66)(H,61,67)/q-1. The quantitative estimate of drug-likeness (QED) is 0.0566. The molecule has 1 saturated heterocycles. The number of amides is 4. The van der Waals surface area contributed by atoms with E-state index in [4.69, 9.17) is 37.9 Å². The Morgan fingerprint density at radius 2 is 1.57 bits per heavy atom. The maximum atomic E-state index is 16.0. The lowest BCUT2D eigenvalue weighted by atomic mass is 9.84. The Kier molecular flexibility index (Phi) is 17.7. The number of hydrogen-bond acceptors (Lipinski definition) is 8. The molecule has 69 heavy (non-hydrogen) atoms. The predicted octanol–water partition coefficient (Wildman–Crippen LogP) is 8.34. The molecule has 1 aliphatic heterocycles. The smallest absolute Gasteiger partial charge is 0.260 e. The number of nitrogens with two attached hydrogens (primary N) is 2. The molecule has 6 N–H and O–H groups in total. The van der Waals surface area contributed by atoms with Gasteiger partial charge < -0.3 is 41.8 Å². The highest BCUT2D eigenvalue weighted by Gasteiger charge is 2.26. The third kappa shape index (κ3) is 13.6. The van der Waals surface area contributed by atoms with Gasteiger partial charge in [0.25, 0.3) is 5.91 Å². The number of nitrogens with one attached hydrogen (secondary N) is 2. The average molecular weight is 960 g/mol. The molecule has 2 aliphatic rings. The fourth-order valence-corrected chi connectivity index (χ4v) is 9.27. The maximum absolute atomic E-state index is 16.0. The van der Waals surface area contributed by atoms with Crippen LogP contribution >= 0.6 is 11.6 Å². The summed E-state index contributed by atoms with van der Waals surface area (Å²) < 4.78 is 27.3. The predicted molar refractivity (Wildman–Crippen MR) is 268 cm³/mol. The monoisotopic (exact) mass is 958 g/mol. The lowest BCUT2D eigenvalue weighted by Crippen LogP contribution is -2.49. The normalized spacial score (nSPS) is 16.6. The van der Waals surface area contributed by atoms with Crippen LogP contribution in [0.15, 0.2) is 103 Å². The first-order valence-electron chi connectivity index (χ1n) is 23.7. The van der Waals surface area contributed by atoms with Crippen molar-refractivity contribution < 1.29 is 33.0 Å². The van der Waals surface area contributed by atoms with E-state index in [-0.39, 0.29) is 77.1 Å². The van der Waals surface area contributed by atoms with Gasteiger partial charge in [-0.3, -0.25) is 24.1 Å². The lowest BCUT2D eigenvalue weighted by Gasteiger charge is -2.40. The molecule has 1 atom stereocenters. The van der Waals surface area contributed by atoms with Crippen molar-refractivity contribution in [1.82, 2.24) is 15.1 Å². The van der Waals surface area contributed by atoms with Crippen LogP contribution in [0.4, 0.5) is 10.1 Å². The van der Waals surface area contributed by atoms with Gasteiger partial charge in [0.1, 0.15) is 5.75 Å². The van der Waals surface area contributed by atoms with Gasteiger partial charge in [-0.1, -0.05) is 91.2 Å². The molecule has 0 aromatic heterocycles. The van der Waals surface area contributed by atoms with Crippen LogP contribution in [0.25, 0.3) is 16.4 Å². The summed E-state index contributed by atoms with van der Waals surface area (Å²) in [5, 5.41) is 11.8. The third-order valence-corrected chi connectivity index (χ3v) is 13.4. The van der Waals surface area contributed by atoms with E-state index in [1.165, 1.54) is 17.7 Å². The van der Waals surface area contributed by atoms with Crippen molar-refractivity contribution in [3.05, 3.63) is 153 Å². The van der Waals surface area contributed by atoms with Crippen molar-refractivity contribution in [1.29, 1.82) is 0 Å². The number of nitrogens with zero attached hydrogens (tertiary/aromatic N) is 3. The van der Waals surface area contributed by atoms with Crippen molar-refractivity contribution in [3.8, 4) is 22.6 Å². The van der Waals surface area contributed by atoms with E-state index in [9.17, 15) is 19.2 Å². The summed E-state index contributed by atoms with van der Waals surface area (Å²) in [6.45, 7) is 8.74. The van der Waals surface area contributed by atoms with Crippen LogP contribution in [0.5, 0.6) is 11.5 Å². The third-order valence-electron chi connectivity index (χ3n) is 13.0. The van der Waals surface area contributed by atoms with Crippen molar-refractivity contribution in [2.24, 2.45) is 17.4 Å². The van der Waals surface area contributed by atoms with Crippen LogP contribution < -0.4 is 31.6 Å². The Morgan fingerprint density at radius 3 is 2.26 bits per heavy atom. The minimum atomic E-state index is -0.773. The van der Waals surface area contributed by atoms with Crippen LogP contribution in [-0.4, -0.2) is 92.0 Å². The second-order valence-corrected chi connectivity index (χ2v) is 18.2. The van der Waals surface area contributed by atoms with Gasteiger partial charge in [-0.15, -0.1) is 12.6 Å². The van der Waals surface area contributed by atoms with Crippen LogP contribution in [-0.2, 0) is 27.5 Å². The second kappa shape index (κ2) is 24.2. The van der Waals surface area contributed by atoms with Crippen LogP contribution in [0.2, 0.25) is 5.02 Å². The van der Waals surface area contributed by atoms with E-state index < -0.39 is 11.7 Å².